The third-order valence-corrected chi connectivity index (χ3v) is 5.46. The Morgan fingerprint density at radius 1 is 1.24 bits per heavy atom. The number of ether oxygens (including phenoxy) is 1. The zero-order valence-corrected chi connectivity index (χ0v) is 18.9. The Morgan fingerprint density at radius 2 is 2.00 bits per heavy atom. The van der Waals surface area contributed by atoms with Gasteiger partial charge in [0.05, 0.1) is 7.11 Å². The number of likely N-dealkylation sites (tertiary alicyclic amines) is 1. The molecule has 0 saturated carbocycles. The molecule has 0 radical (unpaired) electrons. The first-order valence-corrected chi connectivity index (χ1v) is 10.9. The molecule has 0 spiro atoms. The predicted molar refractivity (Wildman–Crippen MR) is 117 cm³/mol. The van der Waals surface area contributed by atoms with Gasteiger partial charge in [0.2, 0.25) is 23.6 Å². The highest BCUT2D eigenvalue weighted by Gasteiger charge is 2.36. The summed E-state index contributed by atoms with van der Waals surface area (Å²) in [6.07, 6.45) is 4.58. The van der Waals surface area contributed by atoms with Gasteiger partial charge in [-0.2, -0.15) is 0 Å². The zero-order chi connectivity index (χ0) is 24.4. The van der Waals surface area contributed by atoms with Crippen LogP contribution in [0.4, 0.5) is 0 Å². The van der Waals surface area contributed by atoms with E-state index in [1.807, 2.05) is 0 Å². The number of amides is 4. The highest BCUT2D eigenvalue weighted by Crippen LogP contribution is 2.19. The molecule has 11 heteroatoms. The molecule has 1 saturated heterocycles. The smallest absolute Gasteiger partial charge is 0.328 e. The van der Waals surface area contributed by atoms with Crippen LogP contribution in [0.25, 0.3) is 0 Å². The number of hydrogen-bond donors (Lipinski definition) is 3. The summed E-state index contributed by atoms with van der Waals surface area (Å²) in [6, 6.07) is 0.657. The van der Waals surface area contributed by atoms with E-state index in [0.29, 0.717) is 24.9 Å². The van der Waals surface area contributed by atoms with Crippen molar-refractivity contribution in [2.75, 3.05) is 13.7 Å². The fourth-order valence-electron chi connectivity index (χ4n) is 3.72. The van der Waals surface area contributed by atoms with Gasteiger partial charge in [-0.15, -0.1) is 0 Å². The van der Waals surface area contributed by atoms with Crippen molar-refractivity contribution in [2.24, 2.45) is 5.73 Å². The van der Waals surface area contributed by atoms with Crippen LogP contribution in [-0.2, 0) is 35.1 Å². The SMILES string of the molecule is CCC(=O)N1CCC[C@H]1C(=O)N[C@@H](Cc1cccnc1)C(=O)N[C@@H](CCC(N)=O)C(=O)OC. The minimum absolute atomic E-state index is 0.0390. The van der Waals surface area contributed by atoms with Crippen LogP contribution in [0, 0.1) is 0 Å². The second-order valence-corrected chi connectivity index (χ2v) is 7.81. The number of carbonyl (C=O) groups is 5. The lowest BCUT2D eigenvalue weighted by Crippen LogP contribution is -2.56. The quantitative estimate of drug-likeness (QED) is 0.372. The lowest BCUT2D eigenvalue weighted by molar-refractivity contribution is -0.146. The van der Waals surface area contributed by atoms with E-state index in [2.05, 4.69) is 15.6 Å². The number of pyridine rings is 1. The molecule has 1 aliphatic rings. The van der Waals surface area contributed by atoms with Crippen LogP contribution in [0.5, 0.6) is 0 Å². The maximum atomic E-state index is 13.1. The van der Waals surface area contributed by atoms with Crippen molar-refractivity contribution >= 4 is 29.6 Å². The largest absolute Gasteiger partial charge is 0.467 e. The number of aromatic nitrogens is 1. The summed E-state index contributed by atoms with van der Waals surface area (Å²) in [5.74, 6) is -2.55. The molecule has 2 rings (SSSR count). The Labute approximate surface area is 192 Å². The molecule has 1 aliphatic heterocycles. The second kappa shape index (κ2) is 12.5. The average molecular weight is 462 g/mol. The molecule has 0 unspecified atom stereocenters. The van der Waals surface area contributed by atoms with Gasteiger partial charge in [0.25, 0.3) is 0 Å². The summed E-state index contributed by atoms with van der Waals surface area (Å²) in [7, 11) is 1.17. The summed E-state index contributed by atoms with van der Waals surface area (Å²) in [5, 5.41) is 5.27. The Bertz CT molecular complexity index is 862. The number of hydrogen-bond acceptors (Lipinski definition) is 7. The van der Waals surface area contributed by atoms with Crippen LogP contribution in [0.3, 0.4) is 0 Å². The minimum atomic E-state index is -1.10. The van der Waals surface area contributed by atoms with Gasteiger partial charge in [-0.25, -0.2) is 4.79 Å². The highest BCUT2D eigenvalue weighted by molar-refractivity contribution is 5.94. The van der Waals surface area contributed by atoms with E-state index in [1.165, 1.54) is 12.0 Å². The molecular weight excluding hydrogens is 430 g/mol. The molecule has 2 heterocycles. The number of nitrogens with one attached hydrogen (secondary N) is 2. The van der Waals surface area contributed by atoms with Crippen molar-refractivity contribution < 1.29 is 28.7 Å². The maximum absolute atomic E-state index is 13.1. The summed E-state index contributed by atoms with van der Waals surface area (Å²) >= 11 is 0. The molecule has 1 aromatic rings. The Morgan fingerprint density at radius 3 is 2.61 bits per heavy atom. The van der Waals surface area contributed by atoms with Crippen molar-refractivity contribution in [1.82, 2.24) is 20.5 Å². The van der Waals surface area contributed by atoms with Gasteiger partial charge >= 0.3 is 5.97 Å². The summed E-state index contributed by atoms with van der Waals surface area (Å²) in [4.78, 5) is 67.1. The summed E-state index contributed by atoms with van der Waals surface area (Å²) < 4.78 is 4.71. The van der Waals surface area contributed by atoms with Gasteiger partial charge in [-0.05, 0) is 30.9 Å². The molecule has 1 fully saturated rings. The summed E-state index contributed by atoms with van der Waals surface area (Å²) in [5.41, 5.74) is 5.85. The lowest BCUT2D eigenvalue weighted by Gasteiger charge is -2.27. The first kappa shape index (κ1) is 25.8. The molecule has 3 atom stereocenters. The van der Waals surface area contributed by atoms with E-state index in [1.54, 1.807) is 31.5 Å². The third kappa shape index (κ3) is 7.55. The Hall–Kier alpha value is -3.50. The van der Waals surface area contributed by atoms with Crippen molar-refractivity contribution in [3.8, 4) is 0 Å². The number of esters is 1. The average Bonchev–Trinajstić information content (AvgIpc) is 3.30. The van der Waals surface area contributed by atoms with Crippen LogP contribution in [0.2, 0.25) is 0 Å². The van der Waals surface area contributed by atoms with Crippen LogP contribution in [0.15, 0.2) is 24.5 Å². The molecule has 4 amide bonds. The third-order valence-electron chi connectivity index (χ3n) is 5.46. The first-order chi connectivity index (χ1) is 15.8. The Balaban J connectivity index is 2.19. The van der Waals surface area contributed by atoms with E-state index < -0.39 is 41.8 Å². The molecule has 1 aromatic heterocycles. The molecular formula is C22H31N5O6. The van der Waals surface area contributed by atoms with E-state index >= 15 is 0 Å². The molecule has 33 heavy (non-hydrogen) atoms. The molecule has 4 N–H and O–H groups in total. The van der Waals surface area contributed by atoms with Crippen molar-refractivity contribution in [3.05, 3.63) is 30.1 Å². The van der Waals surface area contributed by atoms with E-state index in [0.717, 1.165) is 0 Å². The van der Waals surface area contributed by atoms with Gasteiger partial charge < -0.3 is 26.0 Å². The monoisotopic (exact) mass is 461 g/mol. The van der Waals surface area contributed by atoms with E-state index in [9.17, 15) is 24.0 Å². The van der Waals surface area contributed by atoms with Gasteiger partial charge in [-0.1, -0.05) is 13.0 Å². The number of primary amides is 1. The molecule has 0 aliphatic carbocycles. The number of nitrogens with zero attached hydrogens (tertiary/aromatic N) is 2. The molecule has 0 bridgehead atoms. The van der Waals surface area contributed by atoms with Crippen LogP contribution >= 0.6 is 0 Å². The van der Waals surface area contributed by atoms with Crippen LogP contribution in [-0.4, -0.2) is 71.3 Å². The summed E-state index contributed by atoms with van der Waals surface area (Å²) in [6.45, 7) is 2.22. The molecule has 11 nitrogen and oxygen atoms in total. The van der Waals surface area contributed by atoms with Crippen LogP contribution < -0.4 is 16.4 Å². The standard InChI is InChI=1S/C22H31N5O6/c1-3-19(29)27-11-5-7-17(27)21(31)26-16(12-14-6-4-10-24-13-14)20(30)25-15(22(32)33-2)8-9-18(23)28/h4,6,10,13,15-17H,3,5,7-9,11-12H2,1-2H3,(H2,23,28)(H,25,30)(H,26,31)/t15-,16-,17-/m0/s1. The van der Waals surface area contributed by atoms with E-state index in [-0.39, 0.29) is 31.6 Å². The van der Waals surface area contributed by atoms with Crippen molar-refractivity contribution in [1.29, 1.82) is 0 Å². The van der Waals surface area contributed by atoms with Gasteiger partial charge in [-0.3, -0.25) is 24.2 Å². The van der Waals surface area contributed by atoms with Gasteiger partial charge in [0.1, 0.15) is 18.1 Å². The second-order valence-electron chi connectivity index (χ2n) is 7.81. The maximum Gasteiger partial charge on any atom is 0.328 e. The normalized spacial score (nSPS) is 17.0. The number of carbonyl (C=O) groups excluding carboxylic acids is 5. The number of rotatable bonds is 11. The fraction of sp³-hybridized carbons (Fsp3) is 0.545. The highest BCUT2D eigenvalue weighted by atomic mass is 16.5. The molecule has 0 aromatic carbocycles. The van der Waals surface area contributed by atoms with Gasteiger partial charge in [0, 0.05) is 38.2 Å². The number of methoxy groups -OCH3 is 1. The topological polar surface area (TPSA) is 161 Å². The van der Waals surface area contributed by atoms with Gasteiger partial charge in [0.15, 0.2) is 0 Å². The fourth-order valence-corrected chi connectivity index (χ4v) is 3.72. The van der Waals surface area contributed by atoms with Crippen molar-refractivity contribution in [3.63, 3.8) is 0 Å². The minimum Gasteiger partial charge on any atom is -0.467 e. The number of nitrogens with two attached hydrogens (primary N) is 1. The van der Waals surface area contributed by atoms with Crippen LogP contribution in [0.1, 0.15) is 44.6 Å². The first-order valence-electron chi connectivity index (χ1n) is 10.9. The van der Waals surface area contributed by atoms with E-state index in [4.69, 9.17) is 10.5 Å². The van der Waals surface area contributed by atoms with Crippen molar-refractivity contribution in [2.45, 2.75) is 63.6 Å². The predicted octanol–water partition coefficient (Wildman–Crippen LogP) is -0.567. The zero-order valence-electron chi connectivity index (χ0n) is 18.9. The lowest BCUT2D eigenvalue weighted by atomic mass is 10.0. The Kier molecular flexibility index (Phi) is 9.77. The molecule has 180 valence electrons.